The van der Waals surface area contributed by atoms with Crippen LogP contribution in [0.25, 0.3) is 4.96 Å². The van der Waals surface area contributed by atoms with Gasteiger partial charge in [-0.05, 0) is 43.9 Å². The number of rotatable bonds is 3. The second-order valence-corrected chi connectivity index (χ2v) is 6.81. The van der Waals surface area contributed by atoms with Crippen molar-refractivity contribution in [1.29, 1.82) is 0 Å². The topological polar surface area (TPSA) is 46.4 Å². The van der Waals surface area contributed by atoms with Crippen molar-refractivity contribution in [2.45, 2.75) is 32.2 Å². The lowest BCUT2D eigenvalue weighted by molar-refractivity contribution is 0.628. The predicted octanol–water partition coefficient (Wildman–Crippen LogP) is 3.39. The van der Waals surface area contributed by atoms with Crippen molar-refractivity contribution in [3.8, 4) is 0 Å². The molecule has 2 heterocycles. The summed E-state index contributed by atoms with van der Waals surface area (Å²) in [6, 6.07) is 7.84. The molecule has 3 aromatic rings. The van der Waals surface area contributed by atoms with Gasteiger partial charge >= 0.3 is 0 Å². The molecule has 0 fully saturated rings. The highest BCUT2D eigenvalue weighted by Gasteiger charge is 2.18. The van der Waals surface area contributed by atoms with Crippen LogP contribution in [0.1, 0.15) is 29.1 Å². The fourth-order valence-electron chi connectivity index (χ4n) is 3.02. The first-order valence-electron chi connectivity index (χ1n) is 7.73. The Labute approximate surface area is 136 Å². The molecule has 0 amide bonds. The summed E-state index contributed by atoms with van der Waals surface area (Å²) in [6.45, 7) is 0.401. The van der Waals surface area contributed by atoms with Gasteiger partial charge in [0.15, 0.2) is 4.96 Å². The van der Waals surface area contributed by atoms with Crippen molar-refractivity contribution in [3.05, 3.63) is 62.8 Å². The Balaban J connectivity index is 1.65. The van der Waals surface area contributed by atoms with Crippen LogP contribution in [-0.4, -0.2) is 9.38 Å². The van der Waals surface area contributed by atoms with Gasteiger partial charge in [-0.15, -0.1) is 11.3 Å². The molecular formula is C17H16FN3OS. The first-order valence-corrected chi connectivity index (χ1v) is 8.55. The van der Waals surface area contributed by atoms with E-state index in [1.807, 2.05) is 0 Å². The molecule has 0 unspecified atom stereocenters. The minimum absolute atomic E-state index is 0.0227. The highest BCUT2D eigenvalue weighted by molar-refractivity contribution is 7.17. The Hall–Kier alpha value is -2.21. The number of thiazole rings is 1. The van der Waals surface area contributed by atoms with Gasteiger partial charge in [0, 0.05) is 22.3 Å². The average Bonchev–Trinajstić information content (AvgIpc) is 2.92. The van der Waals surface area contributed by atoms with Gasteiger partial charge in [0.2, 0.25) is 0 Å². The molecule has 4 nitrogen and oxygen atoms in total. The second-order valence-electron chi connectivity index (χ2n) is 5.75. The van der Waals surface area contributed by atoms with Crippen molar-refractivity contribution >= 4 is 22.0 Å². The van der Waals surface area contributed by atoms with E-state index in [4.69, 9.17) is 0 Å². The van der Waals surface area contributed by atoms with E-state index < -0.39 is 0 Å². The zero-order valence-corrected chi connectivity index (χ0v) is 13.3. The van der Waals surface area contributed by atoms with E-state index in [0.29, 0.717) is 17.9 Å². The Morgan fingerprint density at radius 3 is 3.00 bits per heavy atom. The van der Waals surface area contributed by atoms with E-state index in [-0.39, 0.29) is 11.4 Å². The van der Waals surface area contributed by atoms with Crippen LogP contribution in [0, 0.1) is 5.82 Å². The summed E-state index contributed by atoms with van der Waals surface area (Å²) in [5.41, 5.74) is 2.47. The van der Waals surface area contributed by atoms with Gasteiger partial charge in [0.05, 0.1) is 12.2 Å². The van der Waals surface area contributed by atoms with E-state index in [1.165, 1.54) is 23.4 Å². The molecular weight excluding hydrogens is 313 g/mol. The van der Waals surface area contributed by atoms with Gasteiger partial charge in [-0.2, -0.15) is 0 Å². The third kappa shape index (κ3) is 2.74. The predicted molar refractivity (Wildman–Crippen MR) is 89.7 cm³/mol. The summed E-state index contributed by atoms with van der Waals surface area (Å²) in [4.78, 5) is 19.1. The molecule has 1 N–H and O–H groups in total. The smallest absolute Gasteiger partial charge is 0.259 e. The SMILES string of the molecule is O=c1cc(CNc2cccc(F)c2)nc2sc3c(n12)CCCC3. The van der Waals surface area contributed by atoms with E-state index >= 15 is 0 Å². The quantitative estimate of drug-likeness (QED) is 0.801. The Morgan fingerprint density at radius 2 is 2.13 bits per heavy atom. The minimum Gasteiger partial charge on any atom is -0.379 e. The van der Waals surface area contributed by atoms with Crippen LogP contribution in [0.3, 0.4) is 0 Å². The normalized spacial score (nSPS) is 14.0. The number of hydrogen-bond acceptors (Lipinski definition) is 4. The first-order chi connectivity index (χ1) is 11.2. The van der Waals surface area contributed by atoms with Crippen LogP contribution >= 0.6 is 11.3 Å². The van der Waals surface area contributed by atoms with Crippen LogP contribution in [0.15, 0.2) is 35.1 Å². The maximum atomic E-state index is 13.2. The lowest BCUT2D eigenvalue weighted by Crippen LogP contribution is -2.18. The number of hydrogen-bond donors (Lipinski definition) is 1. The molecule has 0 radical (unpaired) electrons. The summed E-state index contributed by atoms with van der Waals surface area (Å²) >= 11 is 1.62. The van der Waals surface area contributed by atoms with E-state index in [0.717, 1.165) is 29.9 Å². The van der Waals surface area contributed by atoms with Crippen molar-refractivity contribution < 1.29 is 4.39 Å². The highest BCUT2D eigenvalue weighted by atomic mass is 32.1. The van der Waals surface area contributed by atoms with Crippen molar-refractivity contribution in [1.82, 2.24) is 9.38 Å². The first kappa shape index (κ1) is 14.4. The second kappa shape index (κ2) is 5.77. The van der Waals surface area contributed by atoms with Crippen molar-refractivity contribution in [2.75, 3.05) is 5.32 Å². The van der Waals surface area contributed by atoms with Gasteiger partial charge in [-0.1, -0.05) is 6.07 Å². The summed E-state index contributed by atoms with van der Waals surface area (Å²) in [6.07, 6.45) is 4.31. The standard InChI is InChI=1S/C17H16FN3OS/c18-11-4-3-5-12(8-11)19-10-13-9-16(22)21-14-6-1-2-7-15(14)23-17(21)20-13/h3-5,8-9,19H,1-2,6-7,10H2. The summed E-state index contributed by atoms with van der Waals surface area (Å²) in [5, 5.41) is 3.11. The molecule has 0 spiro atoms. The molecule has 0 saturated carbocycles. The molecule has 1 aliphatic rings. The number of aromatic nitrogens is 2. The van der Waals surface area contributed by atoms with E-state index in [9.17, 15) is 9.18 Å². The largest absolute Gasteiger partial charge is 0.379 e. The zero-order chi connectivity index (χ0) is 15.8. The van der Waals surface area contributed by atoms with Gasteiger partial charge < -0.3 is 5.32 Å². The Morgan fingerprint density at radius 1 is 1.26 bits per heavy atom. The molecule has 0 saturated heterocycles. The molecule has 0 bridgehead atoms. The molecule has 4 rings (SSSR count). The average molecular weight is 329 g/mol. The fourth-order valence-corrected chi connectivity index (χ4v) is 4.26. The molecule has 0 aliphatic heterocycles. The summed E-state index contributed by atoms with van der Waals surface area (Å²) in [5.74, 6) is -0.288. The van der Waals surface area contributed by atoms with Crippen LogP contribution in [-0.2, 0) is 19.4 Å². The molecule has 118 valence electrons. The summed E-state index contributed by atoms with van der Waals surface area (Å²) in [7, 11) is 0. The van der Waals surface area contributed by atoms with Crippen LogP contribution in [0.4, 0.5) is 10.1 Å². The lowest BCUT2D eigenvalue weighted by Gasteiger charge is -2.10. The molecule has 2 aromatic heterocycles. The van der Waals surface area contributed by atoms with Crippen molar-refractivity contribution in [3.63, 3.8) is 0 Å². The highest BCUT2D eigenvalue weighted by Crippen LogP contribution is 2.28. The summed E-state index contributed by atoms with van der Waals surface area (Å²) < 4.78 is 14.9. The Bertz CT molecular complexity index is 931. The third-order valence-corrected chi connectivity index (χ3v) is 5.26. The van der Waals surface area contributed by atoms with Gasteiger partial charge in [0.25, 0.3) is 5.56 Å². The zero-order valence-electron chi connectivity index (χ0n) is 12.5. The van der Waals surface area contributed by atoms with Crippen LogP contribution < -0.4 is 10.9 Å². The molecule has 6 heteroatoms. The number of halogens is 1. The number of nitrogens with zero attached hydrogens (tertiary/aromatic N) is 2. The van der Waals surface area contributed by atoms with Gasteiger partial charge in [-0.25, -0.2) is 9.37 Å². The van der Waals surface area contributed by atoms with E-state index in [1.54, 1.807) is 33.9 Å². The third-order valence-electron chi connectivity index (χ3n) is 4.11. The number of anilines is 1. The number of aryl methyl sites for hydroxylation is 2. The van der Waals surface area contributed by atoms with Gasteiger partial charge in [-0.3, -0.25) is 9.20 Å². The number of fused-ring (bicyclic) bond motifs is 3. The monoisotopic (exact) mass is 329 g/mol. The molecule has 23 heavy (non-hydrogen) atoms. The van der Waals surface area contributed by atoms with Gasteiger partial charge in [0.1, 0.15) is 5.82 Å². The minimum atomic E-state index is -0.288. The number of benzene rings is 1. The molecule has 1 aromatic carbocycles. The maximum absolute atomic E-state index is 13.2. The van der Waals surface area contributed by atoms with Crippen molar-refractivity contribution in [2.24, 2.45) is 0 Å². The lowest BCUT2D eigenvalue weighted by atomic mass is 10.0. The maximum Gasteiger partial charge on any atom is 0.259 e. The number of nitrogens with one attached hydrogen (secondary N) is 1. The fraction of sp³-hybridized carbons (Fsp3) is 0.294. The van der Waals surface area contributed by atoms with E-state index in [2.05, 4.69) is 10.3 Å². The molecule has 1 aliphatic carbocycles. The molecule has 0 atom stereocenters. The van der Waals surface area contributed by atoms with Crippen LogP contribution in [0.5, 0.6) is 0 Å². The Kier molecular flexibility index (Phi) is 3.61. The van der Waals surface area contributed by atoms with Crippen LogP contribution in [0.2, 0.25) is 0 Å².